The molecule has 29 heavy (non-hydrogen) atoms. The molecule has 0 fully saturated rings. The molecule has 162 valence electrons. The Hall–Kier alpha value is -2.61. The summed E-state index contributed by atoms with van der Waals surface area (Å²) in [5, 5.41) is 8.90. The summed E-state index contributed by atoms with van der Waals surface area (Å²) in [6, 6.07) is 4.29. The normalized spacial score (nSPS) is 12.0. The lowest BCUT2D eigenvalue weighted by molar-refractivity contribution is 0.00377. The molecule has 0 spiro atoms. The topological polar surface area (TPSA) is 85.3 Å². The van der Waals surface area contributed by atoms with Crippen LogP contribution in [0.15, 0.2) is 24.3 Å². The van der Waals surface area contributed by atoms with Crippen LogP contribution in [-0.4, -0.2) is 53.2 Å². The third kappa shape index (κ3) is 8.95. The van der Waals surface area contributed by atoms with E-state index in [4.69, 9.17) is 19.3 Å². The Bertz CT molecular complexity index is 706. The van der Waals surface area contributed by atoms with Gasteiger partial charge in [0.1, 0.15) is 29.4 Å². The summed E-state index contributed by atoms with van der Waals surface area (Å²) < 4.78 is 30.0. The molecule has 0 aliphatic heterocycles. The van der Waals surface area contributed by atoms with Crippen molar-refractivity contribution in [1.29, 1.82) is 0 Å². The summed E-state index contributed by atoms with van der Waals surface area (Å²) in [6.07, 6.45) is 1.07. The summed E-state index contributed by atoms with van der Waals surface area (Å²) >= 11 is 0. The van der Waals surface area contributed by atoms with Crippen LogP contribution >= 0.6 is 0 Å². The van der Waals surface area contributed by atoms with Crippen LogP contribution in [0.25, 0.3) is 6.08 Å². The van der Waals surface area contributed by atoms with Crippen LogP contribution in [0.2, 0.25) is 0 Å². The molecule has 0 aliphatic carbocycles. The second kappa shape index (κ2) is 10.2. The van der Waals surface area contributed by atoms with Gasteiger partial charge in [0.2, 0.25) is 0 Å². The van der Waals surface area contributed by atoms with Crippen molar-refractivity contribution in [3.8, 4) is 5.75 Å². The average Bonchev–Trinajstić information content (AvgIpc) is 2.54. The Balaban J connectivity index is 3.05. The van der Waals surface area contributed by atoms with Crippen molar-refractivity contribution in [2.24, 2.45) is 0 Å². The lowest BCUT2D eigenvalue weighted by Gasteiger charge is -2.28. The standard InChI is InChI=1S/C21H30FNO6/c1-20(2,3)28-18(25)23(19(26)29-21(4,5)6)12-8-9-15-16(22)10-7-11-17(15)27-14-13-24/h7-11,24H,12-14H2,1-6H3. The van der Waals surface area contributed by atoms with Gasteiger partial charge in [-0.15, -0.1) is 0 Å². The number of nitrogens with zero attached hydrogens (tertiary/aromatic N) is 1. The highest BCUT2D eigenvalue weighted by molar-refractivity contribution is 5.88. The third-order valence-corrected chi connectivity index (χ3v) is 3.16. The molecule has 7 nitrogen and oxygen atoms in total. The number of halogens is 1. The zero-order valence-corrected chi connectivity index (χ0v) is 17.8. The van der Waals surface area contributed by atoms with Gasteiger partial charge in [0, 0.05) is 0 Å². The average molecular weight is 411 g/mol. The number of aliphatic hydroxyl groups excluding tert-OH is 1. The van der Waals surface area contributed by atoms with E-state index in [1.165, 1.54) is 24.3 Å². The van der Waals surface area contributed by atoms with Crippen molar-refractivity contribution in [3.63, 3.8) is 0 Å². The lowest BCUT2D eigenvalue weighted by Crippen LogP contribution is -2.43. The molecule has 1 rings (SSSR count). The first-order valence-electron chi connectivity index (χ1n) is 9.26. The van der Waals surface area contributed by atoms with Gasteiger partial charge in [0.15, 0.2) is 0 Å². The molecule has 2 amide bonds. The zero-order valence-electron chi connectivity index (χ0n) is 17.8. The molecular formula is C21H30FNO6. The molecule has 0 saturated heterocycles. The van der Waals surface area contributed by atoms with Crippen molar-refractivity contribution < 1.29 is 33.3 Å². The molecular weight excluding hydrogens is 381 g/mol. The highest BCUT2D eigenvalue weighted by Gasteiger charge is 2.30. The summed E-state index contributed by atoms with van der Waals surface area (Å²) in [6.45, 7) is 9.66. The second-order valence-corrected chi connectivity index (χ2v) is 8.20. The molecule has 0 aromatic heterocycles. The summed E-state index contributed by atoms with van der Waals surface area (Å²) in [5.74, 6) is -0.311. The minimum absolute atomic E-state index is 0.00619. The smallest absolute Gasteiger partial charge is 0.420 e. The molecule has 1 aromatic rings. The van der Waals surface area contributed by atoms with Crippen molar-refractivity contribution in [2.75, 3.05) is 19.8 Å². The van der Waals surface area contributed by atoms with Gasteiger partial charge >= 0.3 is 12.2 Å². The summed E-state index contributed by atoms with van der Waals surface area (Å²) in [7, 11) is 0. The molecule has 0 unspecified atom stereocenters. The first kappa shape index (κ1) is 24.4. The Morgan fingerprint density at radius 2 is 1.62 bits per heavy atom. The van der Waals surface area contributed by atoms with Crippen LogP contribution in [0, 0.1) is 5.82 Å². The van der Waals surface area contributed by atoms with E-state index < -0.39 is 29.2 Å². The largest absolute Gasteiger partial charge is 0.490 e. The van der Waals surface area contributed by atoms with E-state index in [1.807, 2.05) is 0 Å². The molecule has 8 heteroatoms. The van der Waals surface area contributed by atoms with Gasteiger partial charge in [-0.3, -0.25) is 0 Å². The predicted molar refractivity (Wildman–Crippen MR) is 107 cm³/mol. The Labute approximate surface area is 171 Å². The number of ether oxygens (including phenoxy) is 3. The highest BCUT2D eigenvalue weighted by Crippen LogP contribution is 2.23. The SMILES string of the molecule is CC(C)(C)OC(=O)N(CC=Cc1c(F)cccc1OCCO)C(=O)OC(C)(C)C. The van der Waals surface area contributed by atoms with Gasteiger partial charge in [-0.05, 0) is 53.7 Å². The fourth-order valence-electron chi connectivity index (χ4n) is 2.09. The van der Waals surface area contributed by atoms with E-state index in [0.29, 0.717) is 0 Å². The molecule has 0 heterocycles. The maximum Gasteiger partial charge on any atom is 0.420 e. The van der Waals surface area contributed by atoms with Gasteiger partial charge in [-0.25, -0.2) is 18.9 Å². The van der Waals surface area contributed by atoms with E-state index in [1.54, 1.807) is 47.6 Å². The van der Waals surface area contributed by atoms with Crippen molar-refractivity contribution in [2.45, 2.75) is 52.7 Å². The van der Waals surface area contributed by atoms with E-state index in [2.05, 4.69) is 0 Å². The number of hydrogen-bond donors (Lipinski definition) is 1. The minimum atomic E-state index is -0.873. The monoisotopic (exact) mass is 411 g/mol. The quantitative estimate of drug-likeness (QED) is 0.748. The predicted octanol–water partition coefficient (Wildman–Crippen LogP) is 4.38. The number of rotatable bonds is 6. The molecule has 0 radical (unpaired) electrons. The van der Waals surface area contributed by atoms with Crippen LogP contribution < -0.4 is 4.74 Å². The Morgan fingerprint density at radius 1 is 1.07 bits per heavy atom. The number of imide groups is 1. The number of benzene rings is 1. The molecule has 0 saturated carbocycles. The maximum absolute atomic E-state index is 14.2. The molecule has 0 atom stereocenters. The number of hydrogen-bond acceptors (Lipinski definition) is 6. The first-order chi connectivity index (χ1) is 13.3. The lowest BCUT2D eigenvalue weighted by atomic mass is 10.1. The number of amides is 2. The minimum Gasteiger partial charge on any atom is -0.490 e. The molecule has 1 aromatic carbocycles. The van der Waals surface area contributed by atoms with Gasteiger partial charge in [-0.1, -0.05) is 18.2 Å². The molecule has 1 N–H and O–H groups in total. The van der Waals surface area contributed by atoms with Crippen LogP contribution in [0.5, 0.6) is 5.75 Å². The van der Waals surface area contributed by atoms with Crippen LogP contribution in [0.3, 0.4) is 0 Å². The van der Waals surface area contributed by atoms with Crippen molar-refractivity contribution in [3.05, 3.63) is 35.7 Å². The first-order valence-corrected chi connectivity index (χ1v) is 9.26. The number of carbonyl (C=O) groups is 2. The zero-order chi connectivity index (χ0) is 22.2. The van der Waals surface area contributed by atoms with Crippen molar-refractivity contribution in [1.82, 2.24) is 4.90 Å². The maximum atomic E-state index is 14.2. The molecule has 0 bridgehead atoms. The third-order valence-electron chi connectivity index (χ3n) is 3.16. The Kier molecular flexibility index (Phi) is 8.63. The van der Waals surface area contributed by atoms with Crippen LogP contribution in [-0.2, 0) is 9.47 Å². The van der Waals surface area contributed by atoms with Gasteiger partial charge < -0.3 is 19.3 Å². The summed E-state index contributed by atoms with van der Waals surface area (Å²) in [5.41, 5.74) is -1.48. The number of carbonyl (C=O) groups excluding carboxylic acids is 2. The highest BCUT2D eigenvalue weighted by atomic mass is 19.1. The van der Waals surface area contributed by atoms with Crippen molar-refractivity contribution >= 4 is 18.3 Å². The van der Waals surface area contributed by atoms with Gasteiger partial charge in [-0.2, -0.15) is 0 Å². The van der Waals surface area contributed by atoms with E-state index in [-0.39, 0.29) is 31.1 Å². The Morgan fingerprint density at radius 3 is 2.10 bits per heavy atom. The van der Waals surface area contributed by atoms with Crippen LogP contribution in [0.4, 0.5) is 14.0 Å². The van der Waals surface area contributed by atoms with E-state index >= 15 is 0 Å². The fourth-order valence-corrected chi connectivity index (χ4v) is 2.09. The molecule has 0 aliphatic rings. The van der Waals surface area contributed by atoms with Gasteiger partial charge in [0.05, 0.1) is 18.7 Å². The second-order valence-electron chi connectivity index (χ2n) is 8.20. The fraction of sp³-hybridized carbons (Fsp3) is 0.524. The van der Waals surface area contributed by atoms with E-state index in [9.17, 15) is 14.0 Å². The van der Waals surface area contributed by atoms with Crippen LogP contribution in [0.1, 0.15) is 47.1 Å². The van der Waals surface area contributed by atoms with Gasteiger partial charge in [0.25, 0.3) is 0 Å². The van der Waals surface area contributed by atoms with E-state index in [0.717, 1.165) is 4.90 Å². The number of aliphatic hydroxyl groups is 1. The summed E-state index contributed by atoms with van der Waals surface area (Å²) in [4.78, 5) is 25.7.